The molecule has 0 aliphatic carbocycles. The molecule has 1 saturated heterocycles. The largest absolute Gasteiger partial charge is 0.354 e. The van der Waals surface area contributed by atoms with E-state index in [0.717, 1.165) is 32.0 Å². The van der Waals surface area contributed by atoms with Crippen molar-refractivity contribution in [1.82, 2.24) is 10.3 Å². The highest BCUT2D eigenvalue weighted by atomic mass is 32.2. The summed E-state index contributed by atoms with van der Waals surface area (Å²) >= 11 is 2.06. The molecule has 1 fully saturated rings. The van der Waals surface area contributed by atoms with E-state index in [0.29, 0.717) is 4.75 Å². The maximum atomic E-state index is 4.62. The Labute approximate surface area is 121 Å². The van der Waals surface area contributed by atoms with Crippen molar-refractivity contribution < 1.29 is 0 Å². The lowest BCUT2D eigenvalue weighted by atomic mass is 10.2. The zero-order chi connectivity index (χ0) is 13.7. The van der Waals surface area contributed by atoms with Crippen LogP contribution in [0.3, 0.4) is 0 Å². The van der Waals surface area contributed by atoms with Gasteiger partial charge >= 0.3 is 0 Å². The van der Waals surface area contributed by atoms with Crippen LogP contribution in [0.25, 0.3) is 0 Å². The van der Waals surface area contributed by atoms with E-state index in [2.05, 4.69) is 59.9 Å². The zero-order valence-electron chi connectivity index (χ0n) is 12.3. The number of rotatable bonds is 5. The van der Waals surface area contributed by atoms with Gasteiger partial charge in [0.25, 0.3) is 0 Å². The molecule has 0 atom stereocenters. The first-order chi connectivity index (χ1) is 9.11. The lowest BCUT2D eigenvalue weighted by Crippen LogP contribution is -2.43. The van der Waals surface area contributed by atoms with Gasteiger partial charge in [0.2, 0.25) is 0 Å². The molecular formula is C15H25N3S. The Morgan fingerprint density at radius 2 is 2.26 bits per heavy atom. The normalized spacial score (nSPS) is 18.6. The van der Waals surface area contributed by atoms with E-state index in [1.165, 1.54) is 17.7 Å². The SMILES string of the molecule is CCCNCc1ccc(N2CCSC(C)(C)C2)nc1. The fourth-order valence-corrected chi connectivity index (χ4v) is 3.44. The molecule has 2 heterocycles. The molecule has 106 valence electrons. The molecule has 0 aromatic carbocycles. The molecule has 0 amide bonds. The molecular weight excluding hydrogens is 254 g/mol. The van der Waals surface area contributed by atoms with Gasteiger partial charge < -0.3 is 10.2 Å². The van der Waals surface area contributed by atoms with Gasteiger partial charge in [-0.15, -0.1) is 0 Å². The van der Waals surface area contributed by atoms with Crippen molar-refractivity contribution in [3.63, 3.8) is 0 Å². The quantitative estimate of drug-likeness (QED) is 0.839. The third-order valence-electron chi connectivity index (χ3n) is 3.31. The maximum Gasteiger partial charge on any atom is 0.128 e. The Kier molecular flexibility index (Phi) is 5.11. The highest BCUT2D eigenvalue weighted by molar-refractivity contribution is 8.00. The monoisotopic (exact) mass is 279 g/mol. The second kappa shape index (κ2) is 6.62. The summed E-state index contributed by atoms with van der Waals surface area (Å²) in [5.74, 6) is 2.31. The van der Waals surface area contributed by atoms with Crippen LogP contribution in [-0.2, 0) is 6.54 Å². The van der Waals surface area contributed by atoms with E-state index in [1.807, 2.05) is 6.20 Å². The first-order valence-electron chi connectivity index (χ1n) is 7.15. The molecule has 0 radical (unpaired) electrons. The van der Waals surface area contributed by atoms with E-state index in [-0.39, 0.29) is 0 Å². The Hall–Kier alpha value is -0.740. The van der Waals surface area contributed by atoms with Crippen LogP contribution < -0.4 is 10.2 Å². The van der Waals surface area contributed by atoms with E-state index >= 15 is 0 Å². The highest BCUT2D eigenvalue weighted by Crippen LogP contribution is 2.31. The Balaban J connectivity index is 1.94. The van der Waals surface area contributed by atoms with Crippen LogP contribution in [0, 0.1) is 0 Å². The van der Waals surface area contributed by atoms with Crippen molar-refractivity contribution in [1.29, 1.82) is 0 Å². The van der Waals surface area contributed by atoms with Crippen LogP contribution in [0.2, 0.25) is 0 Å². The standard InChI is InChI=1S/C15H25N3S/c1-4-7-16-10-13-5-6-14(17-11-13)18-8-9-19-15(2,3)12-18/h5-6,11,16H,4,7-10,12H2,1-3H3. The second-order valence-electron chi connectivity index (χ2n) is 5.73. The molecule has 1 aromatic heterocycles. The van der Waals surface area contributed by atoms with Crippen LogP contribution in [-0.4, -0.2) is 35.1 Å². The van der Waals surface area contributed by atoms with Gasteiger partial charge in [-0.1, -0.05) is 13.0 Å². The van der Waals surface area contributed by atoms with E-state index in [1.54, 1.807) is 0 Å². The summed E-state index contributed by atoms with van der Waals surface area (Å²) in [7, 11) is 0. The Morgan fingerprint density at radius 1 is 1.42 bits per heavy atom. The van der Waals surface area contributed by atoms with Crippen LogP contribution >= 0.6 is 11.8 Å². The summed E-state index contributed by atoms with van der Waals surface area (Å²) in [5, 5.41) is 3.41. The lowest BCUT2D eigenvalue weighted by Gasteiger charge is -2.38. The molecule has 2 rings (SSSR count). The summed E-state index contributed by atoms with van der Waals surface area (Å²) < 4.78 is 0.335. The average Bonchev–Trinajstić information content (AvgIpc) is 2.39. The van der Waals surface area contributed by atoms with Crippen LogP contribution in [0.1, 0.15) is 32.8 Å². The van der Waals surface area contributed by atoms with Gasteiger partial charge in [-0.2, -0.15) is 11.8 Å². The minimum absolute atomic E-state index is 0.335. The predicted octanol–water partition coefficient (Wildman–Crippen LogP) is 2.91. The van der Waals surface area contributed by atoms with Crippen LogP contribution in [0.15, 0.2) is 18.3 Å². The van der Waals surface area contributed by atoms with Gasteiger partial charge in [-0.3, -0.25) is 0 Å². The molecule has 0 bridgehead atoms. The Bertz CT molecular complexity index is 389. The van der Waals surface area contributed by atoms with Crippen molar-refractivity contribution in [2.75, 3.05) is 30.3 Å². The van der Waals surface area contributed by atoms with Gasteiger partial charge in [0.05, 0.1) is 0 Å². The minimum atomic E-state index is 0.335. The van der Waals surface area contributed by atoms with Crippen molar-refractivity contribution in [2.45, 2.75) is 38.5 Å². The number of hydrogen-bond acceptors (Lipinski definition) is 4. The molecule has 0 saturated carbocycles. The number of nitrogens with one attached hydrogen (secondary N) is 1. The molecule has 4 heteroatoms. The molecule has 1 aromatic rings. The molecule has 0 unspecified atom stereocenters. The summed E-state index contributed by atoms with van der Waals surface area (Å²) in [6.07, 6.45) is 3.18. The number of hydrogen-bond donors (Lipinski definition) is 1. The van der Waals surface area contributed by atoms with Crippen LogP contribution in [0.4, 0.5) is 5.82 Å². The molecule has 1 aliphatic heterocycles. The number of anilines is 1. The van der Waals surface area contributed by atoms with Crippen molar-refractivity contribution in [2.24, 2.45) is 0 Å². The predicted molar refractivity (Wildman–Crippen MR) is 85.0 cm³/mol. The number of aromatic nitrogens is 1. The summed E-state index contributed by atoms with van der Waals surface area (Å²) in [6, 6.07) is 4.36. The molecule has 3 nitrogen and oxygen atoms in total. The third kappa shape index (κ3) is 4.39. The fraction of sp³-hybridized carbons (Fsp3) is 0.667. The topological polar surface area (TPSA) is 28.2 Å². The van der Waals surface area contributed by atoms with E-state index < -0.39 is 0 Å². The highest BCUT2D eigenvalue weighted by Gasteiger charge is 2.27. The first-order valence-corrected chi connectivity index (χ1v) is 8.14. The third-order valence-corrected chi connectivity index (χ3v) is 4.61. The summed E-state index contributed by atoms with van der Waals surface area (Å²) in [4.78, 5) is 7.03. The number of nitrogens with zero attached hydrogens (tertiary/aromatic N) is 2. The van der Waals surface area contributed by atoms with Gasteiger partial charge in [-0.25, -0.2) is 4.98 Å². The minimum Gasteiger partial charge on any atom is -0.354 e. The van der Waals surface area contributed by atoms with Crippen molar-refractivity contribution >= 4 is 17.6 Å². The second-order valence-corrected chi connectivity index (χ2v) is 7.53. The number of pyridine rings is 1. The maximum absolute atomic E-state index is 4.62. The average molecular weight is 279 g/mol. The molecule has 0 spiro atoms. The van der Waals surface area contributed by atoms with Gasteiger partial charge in [0.15, 0.2) is 0 Å². The summed E-state index contributed by atoms with van der Waals surface area (Å²) in [6.45, 7) is 11.0. The lowest BCUT2D eigenvalue weighted by molar-refractivity contribution is 0.641. The van der Waals surface area contributed by atoms with Gasteiger partial charge in [-0.05, 0) is 38.4 Å². The smallest absolute Gasteiger partial charge is 0.128 e. The first kappa shape index (κ1) is 14.7. The number of thioether (sulfide) groups is 1. The Morgan fingerprint density at radius 3 is 2.89 bits per heavy atom. The summed E-state index contributed by atoms with van der Waals surface area (Å²) in [5.41, 5.74) is 1.27. The molecule has 19 heavy (non-hydrogen) atoms. The van der Waals surface area contributed by atoms with Crippen molar-refractivity contribution in [3.8, 4) is 0 Å². The van der Waals surface area contributed by atoms with Crippen molar-refractivity contribution in [3.05, 3.63) is 23.9 Å². The van der Waals surface area contributed by atoms with Gasteiger partial charge in [0.1, 0.15) is 5.82 Å². The fourth-order valence-electron chi connectivity index (χ4n) is 2.33. The van der Waals surface area contributed by atoms with Crippen LogP contribution in [0.5, 0.6) is 0 Å². The van der Waals surface area contributed by atoms with E-state index in [9.17, 15) is 0 Å². The van der Waals surface area contributed by atoms with E-state index in [4.69, 9.17) is 0 Å². The molecule has 1 aliphatic rings. The molecule has 1 N–H and O–H groups in total. The van der Waals surface area contributed by atoms with Gasteiger partial charge in [0, 0.05) is 36.3 Å². The zero-order valence-corrected chi connectivity index (χ0v) is 13.1.